The van der Waals surface area contributed by atoms with Crippen molar-refractivity contribution in [3.8, 4) is 11.5 Å². The standard InChI is InChI=1S/C24H25ClN2O5S/c1-17(2)32-23-7-5-4-6-22(23)26-24(28)16-27(19-10-8-18(25)9-11-19)33(29,30)21-14-12-20(31-3)13-15-21/h4-15,17H,16H2,1-3H3,(H,26,28). The van der Waals surface area contributed by atoms with Crippen LogP contribution in [0.15, 0.2) is 77.7 Å². The molecule has 1 N–H and O–H groups in total. The molecule has 0 aliphatic rings. The molecule has 3 aromatic rings. The van der Waals surface area contributed by atoms with E-state index in [0.717, 1.165) is 4.31 Å². The summed E-state index contributed by atoms with van der Waals surface area (Å²) < 4.78 is 38.8. The number of anilines is 2. The molecule has 0 fully saturated rings. The summed E-state index contributed by atoms with van der Waals surface area (Å²) in [4.78, 5) is 13.0. The van der Waals surface area contributed by atoms with Gasteiger partial charge in [-0.2, -0.15) is 0 Å². The van der Waals surface area contributed by atoms with Crippen LogP contribution in [-0.4, -0.2) is 34.1 Å². The molecule has 3 rings (SSSR count). The highest BCUT2D eigenvalue weighted by molar-refractivity contribution is 7.92. The highest BCUT2D eigenvalue weighted by Gasteiger charge is 2.27. The molecule has 0 unspecified atom stereocenters. The Labute approximate surface area is 198 Å². The second-order valence-electron chi connectivity index (χ2n) is 7.37. The monoisotopic (exact) mass is 488 g/mol. The Morgan fingerprint density at radius 2 is 1.64 bits per heavy atom. The molecule has 0 aromatic heterocycles. The molecule has 0 radical (unpaired) electrons. The first-order chi connectivity index (χ1) is 15.7. The second-order valence-corrected chi connectivity index (χ2v) is 9.67. The summed E-state index contributed by atoms with van der Waals surface area (Å²) in [5.74, 6) is 0.491. The van der Waals surface area contributed by atoms with Gasteiger partial charge in [-0.1, -0.05) is 23.7 Å². The third-order valence-electron chi connectivity index (χ3n) is 4.57. The van der Waals surface area contributed by atoms with Crippen LogP contribution in [0.4, 0.5) is 11.4 Å². The van der Waals surface area contributed by atoms with Gasteiger partial charge in [0.2, 0.25) is 5.91 Å². The minimum absolute atomic E-state index is 0.0228. The van der Waals surface area contributed by atoms with Crippen molar-refractivity contribution in [2.45, 2.75) is 24.8 Å². The van der Waals surface area contributed by atoms with Gasteiger partial charge in [0.15, 0.2) is 0 Å². The Balaban J connectivity index is 1.92. The second kappa shape index (κ2) is 10.6. The average molecular weight is 489 g/mol. The predicted octanol–water partition coefficient (Wildman–Crippen LogP) is 4.97. The van der Waals surface area contributed by atoms with E-state index in [1.54, 1.807) is 60.7 Å². The van der Waals surface area contributed by atoms with Crippen molar-refractivity contribution >= 4 is 38.9 Å². The molecule has 174 valence electrons. The molecule has 1 amide bonds. The van der Waals surface area contributed by atoms with Gasteiger partial charge in [0.05, 0.1) is 29.5 Å². The average Bonchev–Trinajstić information content (AvgIpc) is 2.79. The van der Waals surface area contributed by atoms with Crippen LogP contribution < -0.4 is 19.1 Å². The number of nitrogens with one attached hydrogen (secondary N) is 1. The van der Waals surface area contributed by atoms with E-state index in [-0.39, 0.29) is 11.0 Å². The first-order valence-corrected chi connectivity index (χ1v) is 12.0. The number of carbonyl (C=O) groups excluding carboxylic acids is 1. The lowest BCUT2D eigenvalue weighted by atomic mass is 10.2. The quantitative estimate of drug-likeness (QED) is 0.459. The summed E-state index contributed by atoms with van der Waals surface area (Å²) in [6.07, 6.45) is -0.0935. The SMILES string of the molecule is COc1ccc(S(=O)(=O)N(CC(=O)Nc2ccccc2OC(C)C)c2ccc(Cl)cc2)cc1. The number of halogens is 1. The summed E-state index contributed by atoms with van der Waals surface area (Å²) in [5, 5.41) is 3.20. The van der Waals surface area contributed by atoms with Gasteiger partial charge in [0, 0.05) is 5.02 Å². The van der Waals surface area contributed by atoms with Crippen molar-refractivity contribution in [1.82, 2.24) is 0 Å². The van der Waals surface area contributed by atoms with Crippen molar-refractivity contribution in [2.75, 3.05) is 23.3 Å². The molecule has 3 aromatic carbocycles. The van der Waals surface area contributed by atoms with Crippen LogP contribution in [0.5, 0.6) is 11.5 Å². The molecule has 9 heteroatoms. The summed E-state index contributed by atoms with van der Waals surface area (Å²) in [6, 6.07) is 19.2. The number of amides is 1. The van der Waals surface area contributed by atoms with Crippen LogP contribution in [-0.2, 0) is 14.8 Å². The summed E-state index contributed by atoms with van der Waals surface area (Å²) in [6.45, 7) is 3.30. The molecule has 0 aliphatic carbocycles. The largest absolute Gasteiger partial charge is 0.497 e. The number of methoxy groups -OCH3 is 1. The number of rotatable bonds is 9. The summed E-state index contributed by atoms with van der Waals surface area (Å²) in [5.41, 5.74) is 0.756. The number of carbonyl (C=O) groups is 1. The van der Waals surface area contributed by atoms with Gasteiger partial charge in [-0.3, -0.25) is 9.10 Å². The predicted molar refractivity (Wildman–Crippen MR) is 130 cm³/mol. The van der Waals surface area contributed by atoms with E-state index in [0.29, 0.717) is 27.9 Å². The highest BCUT2D eigenvalue weighted by atomic mass is 35.5. The van der Waals surface area contributed by atoms with E-state index in [2.05, 4.69) is 5.32 Å². The number of nitrogens with zero attached hydrogens (tertiary/aromatic N) is 1. The Kier molecular flexibility index (Phi) is 7.84. The van der Waals surface area contributed by atoms with Crippen molar-refractivity contribution in [2.24, 2.45) is 0 Å². The molecule has 33 heavy (non-hydrogen) atoms. The van der Waals surface area contributed by atoms with Gasteiger partial charge in [-0.15, -0.1) is 0 Å². The van der Waals surface area contributed by atoms with E-state index >= 15 is 0 Å². The van der Waals surface area contributed by atoms with E-state index in [9.17, 15) is 13.2 Å². The van der Waals surface area contributed by atoms with Gasteiger partial charge < -0.3 is 14.8 Å². The minimum atomic E-state index is -4.07. The number of hydrogen-bond acceptors (Lipinski definition) is 5. The molecule has 7 nitrogen and oxygen atoms in total. The number of hydrogen-bond donors (Lipinski definition) is 1. The van der Waals surface area contributed by atoms with E-state index < -0.39 is 22.5 Å². The van der Waals surface area contributed by atoms with Crippen LogP contribution in [0.1, 0.15) is 13.8 Å². The van der Waals surface area contributed by atoms with Crippen LogP contribution in [0, 0.1) is 0 Å². The van der Waals surface area contributed by atoms with Crippen molar-refractivity contribution < 1.29 is 22.7 Å². The zero-order chi connectivity index (χ0) is 24.0. The van der Waals surface area contributed by atoms with Crippen molar-refractivity contribution in [1.29, 1.82) is 0 Å². The molecule has 0 heterocycles. The highest BCUT2D eigenvalue weighted by Crippen LogP contribution is 2.28. The summed E-state index contributed by atoms with van der Waals surface area (Å²) in [7, 11) is -2.57. The number of sulfonamides is 1. The first kappa shape index (κ1) is 24.4. The first-order valence-electron chi connectivity index (χ1n) is 10.2. The van der Waals surface area contributed by atoms with Gasteiger partial charge in [-0.05, 0) is 74.5 Å². The van der Waals surface area contributed by atoms with Crippen LogP contribution in [0.3, 0.4) is 0 Å². The molecule has 0 bridgehead atoms. The third kappa shape index (κ3) is 6.18. The Morgan fingerprint density at radius 3 is 2.24 bits per heavy atom. The number of benzene rings is 3. The normalized spacial score (nSPS) is 11.2. The van der Waals surface area contributed by atoms with E-state index in [1.807, 2.05) is 13.8 Å². The van der Waals surface area contributed by atoms with E-state index in [4.69, 9.17) is 21.1 Å². The lowest BCUT2D eigenvalue weighted by molar-refractivity contribution is -0.114. The number of ether oxygens (including phenoxy) is 2. The van der Waals surface area contributed by atoms with Gasteiger partial charge in [0.1, 0.15) is 18.0 Å². The van der Waals surface area contributed by atoms with Crippen LogP contribution in [0.25, 0.3) is 0 Å². The van der Waals surface area contributed by atoms with Gasteiger partial charge in [0.25, 0.3) is 10.0 Å². The Morgan fingerprint density at radius 1 is 1.00 bits per heavy atom. The van der Waals surface area contributed by atoms with Crippen LogP contribution in [0.2, 0.25) is 5.02 Å². The fraction of sp³-hybridized carbons (Fsp3) is 0.208. The number of para-hydroxylation sites is 2. The molecule has 0 atom stereocenters. The zero-order valence-corrected chi connectivity index (χ0v) is 20.1. The lowest BCUT2D eigenvalue weighted by Gasteiger charge is -2.24. The smallest absolute Gasteiger partial charge is 0.264 e. The maximum atomic E-state index is 13.5. The topological polar surface area (TPSA) is 84.9 Å². The fourth-order valence-corrected chi connectivity index (χ4v) is 4.59. The van der Waals surface area contributed by atoms with Crippen LogP contribution >= 0.6 is 11.6 Å². The maximum Gasteiger partial charge on any atom is 0.264 e. The maximum absolute atomic E-state index is 13.5. The van der Waals surface area contributed by atoms with E-state index in [1.165, 1.54) is 19.2 Å². The molecular formula is C24H25ClN2O5S. The molecular weight excluding hydrogens is 464 g/mol. The molecule has 0 saturated heterocycles. The van der Waals surface area contributed by atoms with Gasteiger partial charge >= 0.3 is 0 Å². The zero-order valence-electron chi connectivity index (χ0n) is 18.5. The summed E-state index contributed by atoms with van der Waals surface area (Å²) >= 11 is 5.98. The fourth-order valence-electron chi connectivity index (χ4n) is 3.04. The van der Waals surface area contributed by atoms with Crippen molar-refractivity contribution in [3.63, 3.8) is 0 Å². The molecule has 0 spiro atoms. The van der Waals surface area contributed by atoms with Crippen molar-refractivity contribution in [3.05, 3.63) is 77.8 Å². The third-order valence-corrected chi connectivity index (χ3v) is 6.61. The lowest BCUT2D eigenvalue weighted by Crippen LogP contribution is -2.38. The molecule has 0 aliphatic heterocycles. The Hall–Kier alpha value is -3.23. The van der Waals surface area contributed by atoms with Gasteiger partial charge in [-0.25, -0.2) is 8.42 Å². The molecule has 0 saturated carbocycles. The minimum Gasteiger partial charge on any atom is -0.497 e. The Bertz CT molecular complexity index is 1200.